The van der Waals surface area contributed by atoms with Gasteiger partial charge in [0, 0.05) is 12.2 Å². The number of nitrogens with zero attached hydrogens (tertiary/aromatic N) is 2. The number of carbonyl (C=O) groups is 1. The first-order chi connectivity index (χ1) is 14.8. The van der Waals surface area contributed by atoms with Gasteiger partial charge < -0.3 is 16.6 Å². The number of hydrogen-bond donors (Lipinski definition) is 3. The number of nitrogen functional groups attached to an aromatic ring is 1. The summed E-state index contributed by atoms with van der Waals surface area (Å²) in [7, 11) is -3.29. The molecule has 0 radical (unpaired) electrons. The second kappa shape index (κ2) is 8.00. The van der Waals surface area contributed by atoms with Gasteiger partial charge in [-0.15, -0.1) is 0 Å². The predicted molar refractivity (Wildman–Crippen MR) is 119 cm³/mol. The van der Waals surface area contributed by atoms with Crippen LogP contribution in [0.2, 0.25) is 5.02 Å². The number of aromatic nitrogens is 2. The van der Waals surface area contributed by atoms with Crippen LogP contribution < -0.4 is 11.5 Å². The summed E-state index contributed by atoms with van der Waals surface area (Å²) in [5, 5.41) is 15.3. The summed E-state index contributed by atoms with van der Waals surface area (Å²) in [5.74, 6) is -1.12. The van der Waals surface area contributed by atoms with Crippen molar-refractivity contribution in [3.05, 3.63) is 45.9 Å². The van der Waals surface area contributed by atoms with Crippen LogP contribution in [0.15, 0.2) is 18.2 Å². The number of nitrogens with two attached hydrogens (primary N) is 2. The molecule has 1 amide bonds. The van der Waals surface area contributed by atoms with Gasteiger partial charge in [0.05, 0.1) is 28.6 Å². The van der Waals surface area contributed by atoms with Gasteiger partial charge in [0.2, 0.25) is 0 Å². The maximum Gasteiger partial charge on any atom is 0.254 e. The molecular formula is C21H26ClFN4O4S. The third-order valence-corrected chi connectivity index (χ3v) is 7.98. The first-order valence-electron chi connectivity index (χ1n) is 10.4. The molecule has 2 atom stereocenters. The fourth-order valence-electron chi connectivity index (χ4n) is 5.56. The fourth-order valence-corrected chi connectivity index (χ4v) is 6.98. The summed E-state index contributed by atoms with van der Waals surface area (Å²) in [6.07, 6.45) is 3.26. The Morgan fingerprint density at radius 1 is 1.34 bits per heavy atom. The Morgan fingerprint density at radius 3 is 2.50 bits per heavy atom. The molecule has 2 unspecified atom stereocenters. The monoisotopic (exact) mass is 484 g/mol. The van der Waals surface area contributed by atoms with Gasteiger partial charge in [-0.25, -0.2) is 17.5 Å². The van der Waals surface area contributed by atoms with Crippen molar-refractivity contribution in [1.29, 1.82) is 0 Å². The quantitative estimate of drug-likeness (QED) is 0.573. The molecule has 8 nitrogen and oxygen atoms in total. The smallest absolute Gasteiger partial charge is 0.254 e. The Labute approximate surface area is 190 Å². The summed E-state index contributed by atoms with van der Waals surface area (Å²) >= 11 is 5.86. The maximum absolute atomic E-state index is 13.5. The number of aliphatic hydroxyl groups is 1. The number of carbonyl (C=O) groups excluding carboxylic acids is 1. The van der Waals surface area contributed by atoms with E-state index in [4.69, 9.17) is 23.1 Å². The number of primary amides is 1. The first kappa shape index (κ1) is 23.0. The first-order valence-corrected chi connectivity index (χ1v) is 12.8. The average molecular weight is 485 g/mol. The van der Waals surface area contributed by atoms with E-state index < -0.39 is 27.2 Å². The van der Waals surface area contributed by atoms with Crippen LogP contribution in [-0.4, -0.2) is 46.8 Å². The second-order valence-corrected chi connectivity index (χ2v) is 11.9. The van der Waals surface area contributed by atoms with Crippen molar-refractivity contribution in [2.24, 2.45) is 17.6 Å². The van der Waals surface area contributed by atoms with Crippen molar-refractivity contribution >= 4 is 33.2 Å². The molecule has 2 aliphatic carbocycles. The van der Waals surface area contributed by atoms with E-state index in [9.17, 15) is 22.7 Å². The average Bonchev–Trinajstić information content (AvgIpc) is 3.26. The molecule has 0 aliphatic heterocycles. The minimum atomic E-state index is -3.29. The summed E-state index contributed by atoms with van der Waals surface area (Å²) in [5.41, 5.74) is 12.0. The molecule has 4 rings (SSSR count). The molecule has 174 valence electrons. The Kier molecular flexibility index (Phi) is 5.75. The highest BCUT2D eigenvalue weighted by Crippen LogP contribution is 2.54. The van der Waals surface area contributed by atoms with Crippen LogP contribution in [0.25, 0.3) is 0 Å². The van der Waals surface area contributed by atoms with E-state index in [1.54, 1.807) is 6.07 Å². The number of hydrogen-bond acceptors (Lipinski definition) is 6. The molecule has 2 saturated carbocycles. The van der Waals surface area contributed by atoms with Crippen LogP contribution in [0.3, 0.4) is 0 Å². The SMILES string of the molecule is CS(=O)(=O)CC1(O)CC2CC(c3nn(Cc4ccc(F)c(Cl)c4)c(N)c3C(N)=O)CC2C1. The van der Waals surface area contributed by atoms with Crippen LogP contribution in [0, 0.1) is 17.7 Å². The van der Waals surface area contributed by atoms with Crippen LogP contribution >= 0.6 is 11.6 Å². The lowest BCUT2D eigenvalue weighted by Gasteiger charge is -2.23. The second-order valence-electron chi connectivity index (χ2n) is 9.31. The van der Waals surface area contributed by atoms with E-state index in [2.05, 4.69) is 5.10 Å². The van der Waals surface area contributed by atoms with E-state index in [1.165, 1.54) is 16.8 Å². The number of fused-ring (bicyclic) bond motifs is 1. The van der Waals surface area contributed by atoms with Gasteiger partial charge in [-0.3, -0.25) is 4.79 Å². The number of sulfone groups is 1. The summed E-state index contributed by atoms with van der Waals surface area (Å²) in [6, 6.07) is 4.29. The molecule has 0 saturated heterocycles. The Hall–Kier alpha value is -2.17. The van der Waals surface area contributed by atoms with E-state index in [-0.39, 0.29) is 46.5 Å². The molecule has 5 N–H and O–H groups in total. The molecule has 32 heavy (non-hydrogen) atoms. The van der Waals surface area contributed by atoms with Crippen molar-refractivity contribution in [3.8, 4) is 0 Å². The molecule has 2 fully saturated rings. The van der Waals surface area contributed by atoms with E-state index in [0.717, 1.165) is 6.26 Å². The minimum absolute atomic E-state index is 0.0197. The standard InChI is InChI=1S/C21H26ClFN4O4S/c1-32(30,31)10-21(29)7-13-5-12(6-14(13)8-21)18-17(20(25)28)19(24)27(26-18)9-11-2-3-16(23)15(22)4-11/h2-4,12-14,29H,5-10,24H2,1H3,(H2,25,28). The van der Waals surface area contributed by atoms with Gasteiger partial charge in [0.1, 0.15) is 27.0 Å². The minimum Gasteiger partial charge on any atom is -0.389 e. The number of anilines is 1. The third kappa shape index (κ3) is 4.49. The fraction of sp³-hybridized carbons (Fsp3) is 0.524. The van der Waals surface area contributed by atoms with Gasteiger partial charge >= 0.3 is 0 Å². The zero-order chi connectivity index (χ0) is 23.4. The van der Waals surface area contributed by atoms with Crippen molar-refractivity contribution < 1.29 is 22.7 Å². The number of benzene rings is 1. The van der Waals surface area contributed by atoms with E-state index >= 15 is 0 Å². The Bertz CT molecular complexity index is 1170. The molecule has 0 spiro atoms. The van der Waals surface area contributed by atoms with Gasteiger partial charge in [-0.1, -0.05) is 17.7 Å². The van der Waals surface area contributed by atoms with Crippen molar-refractivity contribution in [3.63, 3.8) is 0 Å². The van der Waals surface area contributed by atoms with Gasteiger partial charge in [-0.2, -0.15) is 5.10 Å². The summed E-state index contributed by atoms with van der Waals surface area (Å²) in [4.78, 5) is 12.2. The molecule has 2 aromatic rings. The normalized spacial score (nSPS) is 27.6. The summed E-state index contributed by atoms with van der Waals surface area (Å²) < 4.78 is 38.3. The highest BCUT2D eigenvalue weighted by molar-refractivity contribution is 7.90. The van der Waals surface area contributed by atoms with E-state index in [0.29, 0.717) is 36.9 Å². The molecule has 1 aromatic carbocycles. The summed E-state index contributed by atoms with van der Waals surface area (Å²) in [6.45, 7) is 0.194. The number of halogens is 2. The van der Waals surface area contributed by atoms with Gasteiger partial charge in [0.25, 0.3) is 5.91 Å². The van der Waals surface area contributed by atoms with Crippen LogP contribution in [-0.2, 0) is 16.4 Å². The van der Waals surface area contributed by atoms with Crippen molar-refractivity contribution in [2.75, 3.05) is 17.7 Å². The Morgan fingerprint density at radius 2 is 1.97 bits per heavy atom. The van der Waals surface area contributed by atoms with Crippen LogP contribution in [0.1, 0.15) is 53.2 Å². The zero-order valence-corrected chi connectivity index (χ0v) is 19.2. The molecule has 0 bridgehead atoms. The Balaban J connectivity index is 1.57. The highest BCUT2D eigenvalue weighted by atomic mass is 35.5. The highest BCUT2D eigenvalue weighted by Gasteiger charge is 2.51. The van der Waals surface area contributed by atoms with Gasteiger partial charge in [0.15, 0.2) is 0 Å². The predicted octanol–water partition coefficient (Wildman–Crippen LogP) is 2.08. The lowest BCUT2D eigenvalue weighted by molar-refractivity contribution is 0.0613. The molecule has 2 aliphatic rings. The van der Waals surface area contributed by atoms with Crippen molar-refractivity contribution in [1.82, 2.24) is 9.78 Å². The maximum atomic E-state index is 13.5. The number of amides is 1. The third-order valence-electron chi connectivity index (χ3n) is 6.62. The lowest BCUT2D eigenvalue weighted by Crippen LogP contribution is -2.34. The number of rotatable bonds is 6. The molecule has 1 aromatic heterocycles. The molecule has 11 heteroatoms. The molecular weight excluding hydrogens is 459 g/mol. The largest absolute Gasteiger partial charge is 0.389 e. The van der Waals surface area contributed by atoms with Gasteiger partial charge in [-0.05, 0) is 55.2 Å². The van der Waals surface area contributed by atoms with Crippen molar-refractivity contribution in [2.45, 2.75) is 43.7 Å². The molecule has 1 heterocycles. The van der Waals surface area contributed by atoms with E-state index in [1.807, 2.05) is 0 Å². The topological polar surface area (TPSA) is 141 Å². The van der Waals surface area contributed by atoms with Crippen LogP contribution in [0.4, 0.5) is 10.2 Å². The van der Waals surface area contributed by atoms with Crippen LogP contribution in [0.5, 0.6) is 0 Å². The zero-order valence-electron chi connectivity index (χ0n) is 17.6. The lowest BCUT2D eigenvalue weighted by atomic mass is 9.92.